The molecule has 0 spiro atoms. The average Bonchev–Trinajstić information content (AvgIpc) is 2.48. The summed E-state index contributed by atoms with van der Waals surface area (Å²) in [5.41, 5.74) is 2.24. The van der Waals surface area contributed by atoms with E-state index >= 15 is 0 Å². The van der Waals surface area contributed by atoms with Crippen molar-refractivity contribution in [3.63, 3.8) is 0 Å². The van der Waals surface area contributed by atoms with Gasteiger partial charge < -0.3 is 14.7 Å². The Hall–Kier alpha value is -1.84. The molecule has 2 aromatic rings. The fourth-order valence-corrected chi connectivity index (χ4v) is 2.09. The van der Waals surface area contributed by atoms with Crippen molar-refractivity contribution in [2.24, 2.45) is 0 Å². The van der Waals surface area contributed by atoms with Gasteiger partial charge in [0.2, 0.25) is 0 Å². The van der Waals surface area contributed by atoms with Crippen LogP contribution in [-0.4, -0.2) is 30.7 Å². The number of nitrogens with zero attached hydrogens (tertiary/aromatic N) is 1. The number of benzene rings is 2. The fraction of sp³-hybridized carbons (Fsp3) is 0.294. The summed E-state index contributed by atoms with van der Waals surface area (Å²) in [6, 6.07) is 18.0. The molecule has 0 amide bonds. The molecule has 0 aromatic heterocycles. The lowest BCUT2D eigenvalue weighted by Crippen LogP contribution is -2.22. The van der Waals surface area contributed by atoms with Gasteiger partial charge in [0.15, 0.2) is 0 Å². The van der Waals surface area contributed by atoms with Crippen LogP contribution in [0.25, 0.3) is 0 Å². The van der Waals surface area contributed by atoms with Crippen LogP contribution in [0, 0.1) is 0 Å². The van der Waals surface area contributed by atoms with Crippen LogP contribution < -0.4 is 4.74 Å². The first-order chi connectivity index (χ1) is 9.70. The summed E-state index contributed by atoms with van der Waals surface area (Å²) in [7, 11) is 3.92. The molecule has 0 saturated carbocycles. The van der Waals surface area contributed by atoms with Crippen molar-refractivity contribution in [3.8, 4) is 5.75 Å². The lowest BCUT2D eigenvalue weighted by atomic mass is 10.1. The molecule has 1 unspecified atom stereocenters. The van der Waals surface area contributed by atoms with Gasteiger partial charge in [0, 0.05) is 0 Å². The van der Waals surface area contributed by atoms with Crippen molar-refractivity contribution in [1.29, 1.82) is 0 Å². The van der Waals surface area contributed by atoms with Gasteiger partial charge in [-0.15, -0.1) is 0 Å². The third kappa shape index (κ3) is 3.83. The van der Waals surface area contributed by atoms with Gasteiger partial charge in [-0.2, -0.15) is 0 Å². The van der Waals surface area contributed by atoms with Gasteiger partial charge in [0.05, 0.1) is 12.6 Å². The molecule has 1 N–H and O–H groups in total. The van der Waals surface area contributed by atoms with Crippen LogP contribution in [0.5, 0.6) is 5.75 Å². The summed E-state index contributed by atoms with van der Waals surface area (Å²) in [6.07, 6.45) is 0. The first kappa shape index (κ1) is 14.6. The minimum atomic E-state index is 0.0261. The fourth-order valence-electron chi connectivity index (χ4n) is 2.09. The Morgan fingerprint density at radius 3 is 2.20 bits per heavy atom. The van der Waals surface area contributed by atoms with Crippen molar-refractivity contribution >= 4 is 0 Å². The highest BCUT2D eigenvalue weighted by molar-refractivity contribution is 5.29. The quantitative estimate of drug-likeness (QED) is 0.877. The Morgan fingerprint density at radius 2 is 1.65 bits per heavy atom. The molecule has 2 rings (SSSR count). The highest BCUT2D eigenvalue weighted by atomic mass is 16.5. The van der Waals surface area contributed by atoms with Crippen molar-refractivity contribution in [2.75, 3.05) is 20.7 Å². The predicted octanol–water partition coefficient (Wildman–Crippen LogP) is 2.86. The van der Waals surface area contributed by atoms with Crippen molar-refractivity contribution in [1.82, 2.24) is 4.90 Å². The molecule has 0 aliphatic heterocycles. The second-order valence-electron chi connectivity index (χ2n) is 5.01. The largest absolute Gasteiger partial charge is 0.489 e. The van der Waals surface area contributed by atoms with E-state index in [-0.39, 0.29) is 12.6 Å². The van der Waals surface area contributed by atoms with Crippen molar-refractivity contribution < 1.29 is 9.84 Å². The van der Waals surface area contributed by atoms with E-state index in [1.807, 2.05) is 73.6 Å². The smallest absolute Gasteiger partial charge is 0.119 e. The number of likely N-dealkylation sites (N-methyl/N-ethyl adjacent to an activating group) is 1. The zero-order valence-corrected chi connectivity index (χ0v) is 12.0. The Labute approximate surface area is 120 Å². The van der Waals surface area contributed by atoms with Crippen LogP contribution >= 0.6 is 0 Å². The molecule has 106 valence electrons. The van der Waals surface area contributed by atoms with Crippen LogP contribution in [-0.2, 0) is 6.61 Å². The van der Waals surface area contributed by atoms with Crippen LogP contribution in [0.15, 0.2) is 54.6 Å². The van der Waals surface area contributed by atoms with Gasteiger partial charge >= 0.3 is 0 Å². The van der Waals surface area contributed by atoms with Gasteiger partial charge in [0.25, 0.3) is 0 Å². The normalized spacial score (nSPS) is 12.4. The maximum atomic E-state index is 9.40. The first-order valence-corrected chi connectivity index (χ1v) is 6.74. The second-order valence-corrected chi connectivity index (χ2v) is 5.01. The molecule has 1 atom stereocenters. The Morgan fingerprint density at radius 1 is 1.00 bits per heavy atom. The molecule has 3 heteroatoms. The second kappa shape index (κ2) is 7.08. The topological polar surface area (TPSA) is 32.7 Å². The average molecular weight is 271 g/mol. The number of ether oxygens (including phenoxy) is 1. The Bertz CT molecular complexity index is 508. The van der Waals surface area contributed by atoms with Crippen molar-refractivity contribution in [2.45, 2.75) is 12.6 Å². The van der Waals surface area contributed by atoms with Gasteiger partial charge in [-0.25, -0.2) is 0 Å². The third-order valence-corrected chi connectivity index (χ3v) is 3.31. The van der Waals surface area contributed by atoms with Gasteiger partial charge in [0.1, 0.15) is 12.4 Å². The van der Waals surface area contributed by atoms with Crippen molar-refractivity contribution in [3.05, 3.63) is 65.7 Å². The third-order valence-electron chi connectivity index (χ3n) is 3.31. The Kier molecular flexibility index (Phi) is 5.16. The standard InChI is InChI=1S/C17H21NO2/c1-18(2)17(12-19)15-8-10-16(11-9-15)20-13-14-6-4-3-5-7-14/h3-11,17,19H,12-13H2,1-2H3. The molecule has 0 bridgehead atoms. The highest BCUT2D eigenvalue weighted by Crippen LogP contribution is 2.21. The molecule has 0 aliphatic rings. The summed E-state index contributed by atoms with van der Waals surface area (Å²) in [6.45, 7) is 0.675. The summed E-state index contributed by atoms with van der Waals surface area (Å²) < 4.78 is 5.74. The number of aliphatic hydroxyl groups excluding tert-OH is 1. The van der Waals surface area contributed by atoms with E-state index in [9.17, 15) is 5.11 Å². The van der Waals surface area contributed by atoms with Gasteiger partial charge in [-0.1, -0.05) is 42.5 Å². The molecular formula is C17H21NO2. The van der Waals surface area contributed by atoms with Crippen LogP contribution in [0.3, 0.4) is 0 Å². The van der Waals surface area contributed by atoms with Gasteiger partial charge in [-0.05, 0) is 37.4 Å². The lowest BCUT2D eigenvalue weighted by molar-refractivity contribution is 0.170. The van der Waals surface area contributed by atoms with E-state index in [4.69, 9.17) is 4.74 Å². The monoisotopic (exact) mass is 271 g/mol. The van der Waals surface area contributed by atoms with Crippen LogP contribution in [0.1, 0.15) is 17.2 Å². The number of hydrogen-bond donors (Lipinski definition) is 1. The summed E-state index contributed by atoms with van der Waals surface area (Å²) >= 11 is 0. The maximum Gasteiger partial charge on any atom is 0.119 e. The molecule has 20 heavy (non-hydrogen) atoms. The molecule has 0 aliphatic carbocycles. The molecule has 0 fully saturated rings. The highest BCUT2D eigenvalue weighted by Gasteiger charge is 2.12. The Balaban J connectivity index is 1.98. The van der Waals surface area contributed by atoms with E-state index < -0.39 is 0 Å². The number of rotatable bonds is 6. The van der Waals surface area contributed by atoms with E-state index in [0.29, 0.717) is 6.61 Å². The summed E-state index contributed by atoms with van der Waals surface area (Å²) in [5, 5.41) is 9.40. The van der Waals surface area contributed by atoms with E-state index in [1.165, 1.54) is 0 Å². The van der Waals surface area contributed by atoms with Crippen LogP contribution in [0.4, 0.5) is 0 Å². The van der Waals surface area contributed by atoms with Gasteiger partial charge in [-0.3, -0.25) is 0 Å². The molecule has 0 saturated heterocycles. The zero-order chi connectivity index (χ0) is 14.4. The predicted molar refractivity (Wildman–Crippen MR) is 80.7 cm³/mol. The molecule has 0 radical (unpaired) electrons. The summed E-state index contributed by atoms with van der Waals surface area (Å²) in [5.74, 6) is 0.841. The zero-order valence-electron chi connectivity index (χ0n) is 12.0. The van der Waals surface area contributed by atoms with Crippen LogP contribution in [0.2, 0.25) is 0 Å². The number of hydrogen-bond acceptors (Lipinski definition) is 3. The lowest BCUT2D eigenvalue weighted by Gasteiger charge is -2.22. The molecular weight excluding hydrogens is 250 g/mol. The van der Waals surface area contributed by atoms with E-state index in [1.54, 1.807) is 0 Å². The number of aliphatic hydroxyl groups is 1. The van der Waals surface area contributed by atoms with E-state index in [0.717, 1.165) is 16.9 Å². The molecule has 2 aromatic carbocycles. The minimum Gasteiger partial charge on any atom is -0.489 e. The van der Waals surface area contributed by atoms with E-state index in [2.05, 4.69) is 0 Å². The summed E-state index contributed by atoms with van der Waals surface area (Å²) in [4.78, 5) is 2.00. The first-order valence-electron chi connectivity index (χ1n) is 6.74. The molecule has 3 nitrogen and oxygen atoms in total. The SMILES string of the molecule is CN(C)C(CO)c1ccc(OCc2ccccc2)cc1. The minimum absolute atomic E-state index is 0.0261. The maximum absolute atomic E-state index is 9.40. The molecule has 0 heterocycles.